The van der Waals surface area contributed by atoms with E-state index in [0.717, 1.165) is 32.6 Å². The minimum absolute atomic E-state index is 0.0306. The summed E-state index contributed by atoms with van der Waals surface area (Å²) in [4.78, 5) is 14.4. The normalized spacial score (nSPS) is 21.7. The third-order valence-electron chi connectivity index (χ3n) is 3.40. The highest BCUT2D eigenvalue weighted by atomic mass is 32.1. The fraction of sp³-hybridized carbons (Fsp3) is 0.846. The van der Waals surface area contributed by atoms with Gasteiger partial charge >= 0.3 is 0 Å². The van der Waals surface area contributed by atoms with Gasteiger partial charge in [0.2, 0.25) is 5.91 Å². The largest absolute Gasteiger partial charge is 0.393 e. The van der Waals surface area contributed by atoms with Gasteiger partial charge in [0.1, 0.15) is 0 Å². The van der Waals surface area contributed by atoms with Gasteiger partial charge in [-0.3, -0.25) is 4.79 Å². The molecule has 1 amide bonds. The van der Waals surface area contributed by atoms with E-state index in [4.69, 9.17) is 22.7 Å². The number of ether oxygens (including phenoxy) is 1. The van der Waals surface area contributed by atoms with Gasteiger partial charge in [-0.15, -0.1) is 0 Å². The molecule has 0 bridgehead atoms. The molecule has 2 N–H and O–H groups in total. The fourth-order valence-electron chi connectivity index (χ4n) is 2.40. The van der Waals surface area contributed by atoms with Crippen molar-refractivity contribution in [3.05, 3.63) is 0 Å². The SMILES string of the molecule is CC(C)C(C(=O)N(C)CC1CCCOC1)C(N)=S. The summed E-state index contributed by atoms with van der Waals surface area (Å²) in [6, 6.07) is 0. The first-order valence-corrected chi connectivity index (χ1v) is 6.96. The van der Waals surface area contributed by atoms with Crippen molar-refractivity contribution < 1.29 is 9.53 Å². The zero-order valence-corrected chi connectivity index (χ0v) is 12.3. The first-order valence-electron chi connectivity index (χ1n) is 6.55. The quantitative estimate of drug-likeness (QED) is 0.769. The zero-order chi connectivity index (χ0) is 13.7. The first kappa shape index (κ1) is 15.4. The third kappa shape index (κ3) is 4.21. The van der Waals surface area contributed by atoms with Gasteiger partial charge in [-0.05, 0) is 24.7 Å². The van der Waals surface area contributed by atoms with Crippen molar-refractivity contribution in [2.24, 2.45) is 23.5 Å². The standard InChI is InChI=1S/C13H24N2O2S/c1-9(2)11(12(14)18)13(16)15(3)7-10-5-4-6-17-8-10/h9-11H,4-8H2,1-3H3,(H2,14,18). The Morgan fingerprint density at radius 3 is 2.67 bits per heavy atom. The summed E-state index contributed by atoms with van der Waals surface area (Å²) < 4.78 is 5.43. The van der Waals surface area contributed by atoms with Crippen molar-refractivity contribution in [3.63, 3.8) is 0 Å². The molecule has 0 aromatic carbocycles. The second-order valence-corrected chi connectivity index (χ2v) is 5.90. The number of carbonyl (C=O) groups excluding carboxylic acids is 1. The lowest BCUT2D eigenvalue weighted by Gasteiger charge is -2.30. The van der Waals surface area contributed by atoms with Crippen LogP contribution in [-0.4, -0.2) is 42.6 Å². The van der Waals surface area contributed by atoms with E-state index < -0.39 is 0 Å². The molecule has 2 atom stereocenters. The average Bonchev–Trinajstić information content (AvgIpc) is 2.29. The van der Waals surface area contributed by atoms with Crippen LogP contribution in [0.1, 0.15) is 26.7 Å². The van der Waals surface area contributed by atoms with E-state index >= 15 is 0 Å². The topological polar surface area (TPSA) is 55.6 Å². The van der Waals surface area contributed by atoms with Gasteiger partial charge in [-0.1, -0.05) is 26.1 Å². The summed E-state index contributed by atoms with van der Waals surface area (Å²) in [5.74, 6) is 0.254. The predicted octanol–water partition coefficient (Wildman–Crippen LogP) is 1.43. The van der Waals surface area contributed by atoms with Crippen LogP contribution in [0, 0.1) is 17.8 Å². The molecule has 0 aromatic rings. The number of hydrogen-bond donors (Lipinski definition) is 1. The predicted molar refractivity (Wildman–Crippen MR) is 76.3 cm³/mol. The van der Waals surface area contributed by atoms with Crippen LogP contribution in [0.2, 0.25) is 0 Å². The maximum Gasteiger partial charge on any atom is 0.232 e. The van der Waals surface area contributed by atoms with Gasteiger partial charge in [0.15, 0.2) is 0 Å². The number of hydrogen-bond acceptors (Lipinski definition) is 3. The molecular formula is C13H24N2O2S. The first-order chi connectivity index (χ1) is 8.43. The van der Waals surface area contributed by atoms with Crippen LogP contribution in [0.15, 0.2) is 0 Å². The summed E-state index contributed by atoms with van der Waals surface area (Å²) in [7, 11) is 1.82. The van der Waals surface area contributed by atoms with Crippen molar-refractivity contribution in [2.45, 2.75) is 26.7 Å². The Bertz CT molecular complexity index is 301. The Hall–Kier alpha value is -0.680. The number of carbonyl (C=O) groups is 1. The van der Waals surface area contributed by atoms with E-state index in [1.165, 1.54) is 0 Å². The highest BCUT2D eigenvalue weighted by molar-refractivity contribution is 7.80. The number of amides is 1. The van der Waals surface area contributed by atoms with Gasteiger partial charge in [-0.25, -0.2) is 0 Å². The maximum absolute atomic E-state index is 12.3. The summed E-state index contributed by atoms with van der Waals surface area (Å²) in [6.45, 7) is 6.26. The molecule has 0 aliphatic carbocycles. The molecule has 5 heteroatoms. The lowest BCUT2D eigenvalue weighted by molar-refractivity contribution is -0.134. The molecule has 0 saturated carbocycles. The molecule has 0 aromatic heterocycles. The smallest absolute Gasteiger partial charge is 0.232 e. The minimum atomic E-state index is -0.352. The van der Waals surface area contributed by atoms with Crippen LogP contribution in [0.5, 0.6) is 0 Å². The van der Waals surface area contributed by atoms with Gasteiger partial charge in [-0.2, -0.15) is 0 Å². The Kier molecular flexibility index (Phi) is 6.02. The van der Waals surface area contributed by atoms with Crippen molar-refractivity contribution in [1.29, 1.82) is 0 Å². The number of nitrogens with two attached hydrogens (primary N) is 1. The highest BCUT2D eigenvalue weighted by Crippen LogP contribution is 2.18. The van der Waals surface area contributed by atoms with E-state index in [-0.39, 0.29) is 17.7 Å². The molecule has 1 aliphatic heterocycles. The highest BCUT2D eigenvalue weighted by Gasteiger charge is 2.29. The Balaban J connectivity index is 2.55. The number of nitrogens with zero attached hydrogens (tertiary/aromatic N) is 1. The molecule has 0 radical (unpaired) electrons. The summed E-state index contributed by atoms with van der Waals surface area (Å²) in [6.07, 6.45) is 2.20. The second-order valence-electron chi connectivity index (χ2n) is 5.43. The average molecular weight is 272 g/mol. The number of rotatable bonds is 5. The lowest BCUT2D eigenvalue weighted by Crippen LogP contribution is -2.44. The minimum Gasteiger partial charge on any atom is -0.393 e. The van der Waals surface area contributed by atoms with Crippen LogP contribution in [-0.2, 0) is 9.53 Å². The van der Waals surface area contributed by atoms with Gasteiger partial charge in [0, 0.05) is 20.2 Å². The summed E-state index contributed by atoms with van der Waals surface area (Å²) in [5, 5.41) is 0. The van der Waals surface area contributed by atoms with Crippen LogP contribution < -0.4 is 5.73 Å². The van der Waals surface area contributed by atoms with Crippen molar-refractivity contribution in [3.8, 4) is 0 Å². The summed E-state index contributed by atoms with van der Waals surface area (Å²) in [5.41, 5.74) is 5.67. The molecule has 1 aliphatic rings. The Labute approximate surface area is 115 Å². The Morgan fingerprint density at radius 1 is 1.56 bits per heavy atom. The van der Waals surface area contributed by atoms with E-state index in [1.807, 2.05) is 20.9 Å². The van der Waals surface area contributed by atoms with E-state index in [0.29, 0.717) is 10.9 Å². The van der Waals surface area contributed by atoms with Crippen molar-refractivity contribution in [1.82, 2.24) is 4.90 Å². The second kappa shape index (κ2) is 7.04. The molecule has 1 heterocycles. The van der Waals surface area contributed by atoms with E-state index in [9.17, 15) is 4.79 Å². The Morgan fingerprint density at radius 2 is 2.22 bits per heavy atom. The van der Waals surface area contributed by atoms with E-state index in [2.05, 4.69) is 0 Å². The maximum atomic E-state index is 12.3. The molecule has 2 unspecified atom stereocenters. The van der Waals surface area contributed by atoms with Gasteiger partial charge in [0.05, 0.1) is 17.5 Å². The fourth-order valence-corrected chi connectivity index (χ4v) is 2.77. The van der Waals surface area contributed by atoms with Gasteiger partial charge in [0.25, 0.3) is 0 Å². The van der Waals surface area contributed by atoms with Crippen LogP contribution >= 0.6 is 12.2 Å². The molecule has 1 fully saturated rings. The molecule has 18 heavy (non-hydrogen) atoms. The van der Waals surface area contributed by atoms with Gasteiger partial charge < -0.3 is 15.4 Å². The molecule has 1 saturated heterocycles. The lowest BCUT2D eigenvalue weighted by atomic mass is 9.93. The number of thiocarbonyl (C=S) groups is 1. The van der Waals surface area contributed by atoms with Crippen molar-refractivity contribution in [2.75, 3.05) is 26.8 Å². The van der Waals surface area contributed by atoms with E-state index in [1.54, 1.807) is 4.90 Å². The summed E-state index contributed by atoms with van der Waals surface area (Å²) >= 11 is 5.00. The van der Waals surface area contributed by atoms with Crippen molar-refractivity contribution >= 4 is 23.1 Å². The zero-order valence-electron chi connectivity index (χ0n) is 11.5. The molecule has 0 spiro atoms. The monoisotopic (exact) mass is 272 g/mol. The third-order valence-corrected chi connectivity index (χ3v) is 3.66. The molecule has 4 nitrogen and oxygen atoms in total. The van der Waals surface area contributed by atoms with Crippen LogP contribution in [0.4, 0.5) is 0 Å². The molecule has 1 rings (SSSR count). The van der Waals surface area contributed by atoms with Crippen LogP contribution in [0.25, 0.3) is 0 Å². The van der Waals surface area contributed by atoms with Crippen LogP contribution in [0.3, 0.4) is 0 Å². The molecule has 104 valence electrons. The molecular weight excluding hydrogens is 248 g/mol.